The van der Waals surface area contributed by atoms with Crippen molar-refractivity contribution in [1.29, 1.82) is 0 Å². The molecule has 1 radical (unpaired) electrons. The van der Waals surface area contributed by atoms with Crippen molar-refractivity contribution in [1.82, 2.24) is 0 Å². The van der Waals surface area contributed by atoms with Gasteiger partial charge in [-0.3, -0.25) is 0 Å². The van der Waals surface area contributed by atoms with Gasteiger partial charge in [0, 0.05) is 32.7 Å². The van der Waals surface area contributed by atoms with E-state index in [9.17, 15) is 0 Å². The largest absolute Gasteiger partial charge is 0.344 e. The van der Waals surface area contributed by atoms with Crippen LogP contribution in [0.4, 0.5) is 0 Å². The van der Waals surface area contributed by atoms with Gasteiger partial charge in [0.25, 0.3) is 0 Å². The molecule has 2 aliphatic carbocycles. The molecule has 4 unspecified atom stereocenters. The minimum atomic E-state index is 0. The van der Waals surface area contributed by atoms with Crippen molar-refractivity contribution in [3.63, 3.8) is 0 Å². The first-order valence-electron chi connectivity index (χ1n) is 6.34. The maximum Gasteiger partial charge on any atom is 0 e. The normalized spacial score (nSPS) is 38.4. The Bertz CT molecular complexity index is 139. The molecule has 0 spiro atoms. The summed E-state index contributed by atoms with van der Waals surface area (Å²) in [5, 5.41) is 0. The minimum Gasteiger partial charge on any atom is -0.344 e. The van der Waals surface area contributed by atoms with Crippen LogP contribution in [0.15, 0.2) is 0 Å². The van der Waals surface area contributed by atoms with Gasteiger partial charge < -0.3 is 13.3 Å². The van der Waals surface area contributed by atoms with E-state index in [1.165, 1.54) is 25.7 Å². The number of hydrogen-bond donors (Lipinski definition) is 0. The van der Waals surface area contributed by atoms with Gasteiger partial charge in [0.05, 0.1) is 0 Å². The molecule has 0 N–H and O–H groups in total. The molecule has 2 saturated carbocycles. The van der Waals surface area contributed by atoms with E-state index in [0.29, 0.717) is 0 Å². The molecule has 2 fully saturated rings. The second kappa shape index (κ2) is 8.23. The fourth-order valence-electron chi connectivity index (χ4n) is 3.26. The van der Waals surface area contributed by atoms with Crippen molar-refractivity contribution in [2.75, 3.05) is 0 Å². The zero-order valence-corrected chi connectivity index (χ0v) is 13.5. The van der Waals surface area contributed by atoms with Gasteiger partial charge in [0.2, 0.25) is 0 Å². The molecule has 15 heavy (non-hydrogen) atoms. The molecule has 2 aliphatic rings. The zero-order chi connectivity index (χ0) is 10.6. The van der Waals surface area contributed by atoms with Gasteiger partial charge in [-0.05, 0) is 0 Å². The van der Waals surface area contributed by atoms with Crippen LogP contribution in [0.25, 0.3) is 0 Å². The Morgan fingerprint density at radius 1 is 1.07 bits per heavy atom. The summed E-state index contributed by atoms with van der Waals surface area (Å²) in [6.45, 7) is 10.3. The van der Waals surface area contributed by atoms with Crippen LogP contribution in [0.3, 0.4) is 0 Å². The Hall–Kier alpha value is 1.10. The molecule has 0 aromatic carbocycles. The van der Waals surface area contributed by atoms with Crippen LogP contribution in [-0.2, 0) is 32.7 Å². The van der Waals surface area contributed by atoms with E-state index in [0.717, 1.165) is 30.1 Å². The molecule has 0 heterocycles. The van der Waals surface area contributed by atoms with Crippen molar-refractivity contribution < 1.29 is 32.7 Å². The van der Waals surface area contributed by atoms with Gasteiger partial charge in [0.1, 0.15) is 0 Å². The first kappa shape index (κ1) is 16.1. The van der Waals surface area contributed by atoms with E-state index in [-0.39, 0.29) is 32.7 Å². The second-order valence-corrected chi connectivity index (χ2v) is 5.02. The molecular weight excluding hydrogens is 257 g/mol. The standard InChI is InChI=1S/C11H19.C3H7.Y/c1-8-7-9(2)11-6-4-3-5-10(8)11;1-3-2;/h7-11H,3-6H2,1-2H3;1,3H2,2H3;/q2*-1;. The molecule has 4 atom stereocenters. The van der Waals surface area contributed by atoms with Gasteiger partial charge in [0.15, 0.2) is 0 Å². The fourth-order valence-corrected chi connectivity index (χ4v) is 3.26. The quantitative estimate of drug-likeness (QED) is 0.574. The molecule has 0 nitrogen and oxygen atoms in total. The summed E-state index contributed by atoms with van der Waals surface area (Å²) >= 11 is 0. The molecule has 0 saturated heterocycles. The summed E-state index contributed by atoms with van der Waals surface area (Å²) in [4.78, 5) is 0. The third-order valence-corrected chi connectivity index (χ3v) is 3.83. The monoisotopic (exact) mass is 283 g/mol. The van der Waals surface area contributed by atoms with Gasteiger partial charge in [-0.2, -0.15) is 18.3 Å². The van der Waals surface area contributed by atoms with E-state index in [4.69, 9.17) is 0 Å². The Kier molecular flexibility index (Phi) is 8.84. The third kappa shape index (κ3) is 4.46. The first-order valence-corrected chi connectivity index (χ1v) is 6.34. The van der Waals surface area contributed by atoms with Crippen molar-refractivity contribution in [2.24, 2.45) is 23.7 Å². The average Bonchev–Trinajstić information content (AvgIpc) is 2.45. The number of fused-ring (bicyclic) bond motifs is 1. The van der Waals surface area contributed by atoms with Gasteiger partial charge in [-0.25, -0.2) is 0 Å². The van der Waals surface area contributed by atoms with Crippen LogP contribution in [-0.4, -0.2) is 0 Å². The predicted octanol–water partition coefficient (Wildman–Crippen LogP) is 4.51. The summed E-state index contributed by atoms with van der Waals surface area (Å²) in [6, 6.07) is 0. The van der Waals surface area contributed by atoms with E-state index in [1.807, 2.05) is 6.92 Å². The zero-order valence-electron chi connectivity index (χ0n) is 10.7. The summed E-state index contributed by atoms with van der Waals surface area (Å²) in [6.07, 6.45) is 9.58. The summed E-state index contributed by atoms with van der Waals surface area (Å²) in [5.74, 6) is 3.93. The fraction of sp³-hybridized carbons (Fsp3) is 0.857. The van der Waals surface area contributed by atoms with Crippen LogP contribution in [0.2, 0.25) is 0 Å². The van der Waals surface area contributed by atoms with Crippen LogP contribution in [0.5, 0.6) is 0 Å². The van der Waals surface area contributed by atoms with Gasteiger partial charge in [-0.15, -0.1) is 0 Å². The minimum absolute atomic E-state index is 0. The Labute approximate surface area is 122 Å². The van der Waals surface area contributed by atoms with Crippen LogP contribution >= 0.6 is 0 Å². The Morgan fingerprint density at radius 2 is 1.40 bits per heavy atom. The number of hydrogen-bond acceptors (Lipinski definition) is 0. The molecule has 0 aromatic heterocycles. The van der Waals surface area contributed by atoms with Crippen molar-refractivity contribution in [3.05, 3.63) is 13.3 Å². The first-order chi connectivity index (χ1) is 6.70. The van der Waals surface area contributed by atoms with E-state index >= 15 is 0 Å². The maximum atomic E-state index is 3.49. The van der Waals surface area contributed by atoms with E-state index < -0.39 is 0 Å². The van der Waals surface area contributed by atoms with E-state index in [1.54, 1.807) is 0 Å². The SMILES string of the molecule is CC1[CH-]C(C)C2CCCCC12.[CH2-]CC.[Y]. The summed E-state index contributed by atoms with van der Waals surface area (Å²) in [5.41, 5.74) is 0. The molecule has 0 amide bonds. The molecule has 2 rings (SSSR count). The molecular formula is C14H26Y-2. The Balaban J connectivity index is 0.000000443. The van der Waals surface area contributed by atoms with Crippen LogP contribution in [0, 0.1) is 37.0 Å². The van der Waals surface area contributed by atoms with Crippen LogP contribution in [0.1, 0.15) is 52.9 Å². The third-order valence-electron chi connectivity index (χ3n) is 3.83. The molecule has 0 aromatic rings. The molecule has 0 bridgehead atoms. The predicted molar refractivity (Wildman–Crippen MR) is 63.7 cm³/mol. The smallest absolute Gasteiger partial charge is 0 e. The van der Waals surface area contributed by atoms with Gasteiger partial charge in [-0.1, -0.05) is 58.3 Å². The summed E-state index contributed by atoms with van der Waals surface area (Å²) in [7, 11) is 0. The number of rotatable bonds is 0. The average molecular weight is 283 g/mol. The van der Waals surface area contributed by atoms with Crippen molar-refractivity contribution in [2.45, 2.75) is 52.9 Å². The van der Waals surface area contributed by atoms with Crippen LogP contribution < -0.4 is 0 Å². The topological polar surface area (TPSA) is 0 Å². The molecule has 0 aliphatic heterocycles. The van der Waals surface area contributed by atoms with Gasteiger partial charge >= 0.3 is 0 Å². The van der Waals surface area contributed by atoms with Crippen molar-refractivity contribution in [3.8, 4) is 0 Å². The second-order valence-electron chi connectivity index (χ2n) is 5.02. The molecule has 87 valence electrons. The molecule has 1 heteroatoms. The van der Waals surface area contributed by atoms with E-state index in [2.05, 4.69) is 27.2 Å². The van der Waals surface area contributed by atoms with Crippen molar-refractivity contribution >= 4 is 0 Å². The Morgan fingerprint density at radius 3 is 1.73 bits per heavy atom. The maximum absolute atomic E-state index is 3.49. The summed E-state index contributed by atoms with van der Waals surface area (Å²) < 4.78 is 0.